The molecule has 1 unspecified atom stereocenters. The zero-order valence-electron chi connectivity index (χ0n) is 19.0. The van der Waals surface area contributed by atoms with Gasteiger partial charge < -0.3 is 4.74 Å². The van der Waals surface area contributed by atoms with E-state index in [2.05, 4.69) is 24.8 Å². The van der Waals surface area contributed by atoms with E-state index >= 15 is 0 Å². The Labute approximate surface area is 176 Å². The lowest BCUT2D eigenvalue weighted by molar-refractivity contribution is 0.0563. The first-order valence-corrected chi connectivity index (χ1v) is 11.5. The largest absolute Gasteiger partial charge is 0.443 e. The summed E-state index contributed by atoms with van der Waals surface area (Å²) < 4.78 is 5.83. The van der Waals surface area contributed by atoms with Crippen molar-refractivity contribution < 1.29 is 9.53 Å². The van der Waals surface area contributed by atoms with E-state index in [1.807, 2.05) is 37.9 Å². The maximum atomic E-state index is 13.3. The molecule has 1 aliphatic heterocycles. The Morgan fingerprint density at radius 3 is 2.55 bits per heavy atom. The molecule has 0 spiro atoms. The Kier molecular flexibility index (Phi) is 7.20. The highest BCUT2D eigenvalue weighted by atomic mass is 16.6. The number of pyridine rings is 1. The van der Waals surface area contributed by atoms with E-state index in [1.54, 1.807) is 0 Å². The SMILES string of the molecule is CC(C)CN1CCCCC1c1cccnc1N(C(=O)OC(C)(C)C)C1CCCC1. The molecule has 5 nitrogen and oxygen atoms in total. The fourth-order valence-electron chi connectivity index (χ4n) is 4.78. The van der Waals surface area contributed by atoms with Crippen LogP contribution in [0.15, 0.2) is 18.3 Å². The Morgan fingerprint density at radius 2 is 1.90 bits per heavy atom. The van der Waals surface area contributed by atoms with Crippen molar-refractivity contribution in [2.75, 3.05) is 18.0 Å². The van der Waals surface area contributed by atoms with Gasteiger partial charge in [-0.3, -0.25) is 9.80 Å². The number of rotatable bonds is 5. The highest BCUT2D eigenvalue weighted by Gasteiger charge is 2.36. The van der Waals surface area contributed by atoms with E-state index in [-0.39, 0.29) is 12.1 Å². The summed E-state index contributed by atoms with van der Waals surface area (Å²) in [7, 11) is 0. The zero-order valence-corrected chi connectivity index (χ0v) is 19.0. The molecule has 1 aromatic rings. The van der Waals surface area contributed by atoms with Gasteiger partial charge in [0.15, 0.2) is 0 Å². The first-order chi connectivity index (χ1) is 13.8. The van der Waals surface area contributed by atoms with Crippen molar-refractivity contribution in [2.24, 2.45) is 5.92 Å². The molecule has 1 aliphatic carbocycles. The number of carbonyl (C=O) groups excluding carboxylic acids is 1. The number of likely N-dealkylation sites (tertiary alicyclic amines) is 1. The molecule has 162 valence electrons. The van der Waals surface area contributed by atoms with Crippen LogP contribution in [0.3, 0.4) is 0 Å². The standard InChI is InChI=1S/C24H39N3O2/c1-18(2)17-26-16-9-8-14-21(26)20-13-10-15-25-22(20)27(19-11-6-7-12-19)23(28)29-24(3,4)5/h10,13,15,18-19,21H,6-9,11-12,14,16-17H2,1-5H3. The van der Waals surface area contributed by atoms with Crippen LogP contribution in [-0.2, 0) is 4.74 Å². The number of nitrogens with zero attached hydrogens (tertiary/aromatic N) is 3. The molecule has 2 heterocycles. The van der Waals surface area contributed by atoms with Gasteiger partial charge in [0.25, 0.3) is 0 Å². The van der Waals surface area contributed by atoms with Crippen LogP contribution in [0, 0.1) is 5.92 Å². The van der Waals surface area contributed by atoms with Crippen molar-refractivity contribution in [1.29, 1.82) is 0 Å². The summed E-state index contributed by atoms with van der Waals surface area (Å²) in [5.74, 6) is 1.43. The summed E-state index contributed by atoms with van der Waals surface area (Å²) in [4.78, 5) is 22.5. The van der Waals surface area contributed by atoms with Crippen molar-refractivity contribution in [3.8, 4) is 0 Å². The predicted octanol–water partition coefficient (Wildman–Crippen LogP) is 5.95. The molecule has 1 saturated heterocycles. The van der Waals surface area contributed by atoms with E-state index in [4.69, 9.17) is 9.72 Å². The fourth-order valence-corrected chi connectivity index (χ4v) is 4.78. The molecule has 1 amide bonds. The highest BCUT2D eigenvalue weighted by Crippen LogP contribution is 2.38. The average molecular weight is 402 g/mol. The average Bonchev–Trinajstić information content (AvgIpc) is 3.15. The highest BCUT2D eigenvalue weighted by molar-refractivity contribution is 5.88. The number of carbonyl (C=O) groups is 1. The molecule has 29 heavy (non-hydrogen) atoms. The number of ether oxygens (including phenoxy) is 1. The molecule has 2 aliphatic rings. The normalized spacial score (nSPS) is 21.5. The quantitative estimate of drug-likeness (QED) is 0.612. The molecule has 2 fully saturated rings. The Balaban J connectivity index is 1.97. The smallest absolute Gasteiger partial charge is 0.416 e. The van der Waals surface area contributed by atoms with Gasteiger partial charge in [0.05, 0.1) is 0 Å². The second kappa shape index (κ2) is 9.46. The van der Waals surface area contributed by atoms with Gasteiger partial charge in [-0.1, -0.05) is 39.2 Å². The minimum atomic E-state index is -0.516. The van der Waals surface area contributed by atoms with Gasteiger partial charge >= 0.3 is 6.09 Å². The molecule has 0 aromatic carbocycles. The maximum Gasteiger partial charge on any atom is 0.416 e. The molecular formula is C24H39N3O2. The van der Waals surface area contributed by atoms with Crippen molar-refractivity contribution in [3.05, 3.63) is 23.9 Å². The molecule has 0 bridgehead atoms. The molecule has 1 saturated carbocycles. The summed E-state index contributed by atoms with van der Waals surface area (Å²) in [5, 5.41) is 0. The van der Waals surface area contributed by atoms with Crippen molar-refractivity contribution >= 4 is 11.9 Å². The number of hydrogen-bond donors (Lipinski definition) is 0. The van der Waals surface area contributed by atoms with Crippen LogP contribution in [0.4, 0.5) is 10.6 Å². The molecular weight excluding hydrogens is 362 g/mol. The monoisotopic (exact) mass is 401 g/mol. The van der Waals surface area contributed by atoms with Gasteiger partial charge in [0.1, 0.15) is 11.4 Å². The number of aromatic nitrogens is 1. The Bertz CT molecular complexity index is 677. The van der Waals surface area contributed by atoms with E-state index < -0.39 is 5.60 Å². The summed E-state index contributed by atoms with van der Waals surface area (Å²) in [6.45, 7) is 12.6. The van der Waals surface area contributed by atoms with Gasteiger partial charge in [-0.25, -0.2) is 9.78 Å². The van der Waals surface area contributed by atoms with Gasteiger partial charge in [0, 0.05) is 30.4 Å². The molecule has 1 atom stereocenters. The summed E-state index contributed by atoms with van der Waals surface area (Å²) in [6.07, 6.45) is 9.53. The second-order valence-corrected chi connectivity index (χ2v) is 10.1. The number of piperidine rings is 1. The maximum absolute atomic E-state index is 13.3. The third kappa shape index (κ3) is 5.71. The molecule has 5 heteroatoms. The van der Waals surface area contributed by atoms with Crippen molar-refractivity contribution in [2.45, 2.75) is 97.2 Å². The number of amides is 1. The van der Waals surface area contributed by atoms with Crippen LogP contribution in [0.1, 0.15) is 91.2 Å². The molecule has 3 rings (SSSR count). The molecule has 1 aromatic heterocycles. The zero-order chi connectivity index (χ0) is 21.0. The predicted molar refractivity (Wildman–Crippen MR) is 118 cm³/mol. The lowest BCUT2D eigenvalue weighted by Crippen LogP contribution is -2.44. The van der Waals surface area contributed by atoms with Crippen LogP contribution in [0.5, 0.6) is 0 Å². The van der Waals surface area contributed by atoms with E-state index in [0.29, 0.717) is 12.0 Å². The first kappa shape index (κ1) is 22.1. The van der Waals surface area contributed by atoms with E-state index in [1.165, 1.54) is 18.4 Å². The van der Waals surface area contributed by atoms with Crippen molar-refractivity contribution in [3.63, 3.8) is 0 Å². The summed E-state index contributed by atoms with van der Waals surface area (Å²) in [5.41, 5.74) is 0.669. The van der Waals surface area contributed by atoms with Gasteiger partial charge in [-0.15, -0.1) is 0 Å². The van der Waals surface area contributed by atoms with Gasteiger partial charge in [-0.2, -0.15) is 0 Å². The summed E-state index contributed by atoms with van der Waals surface area (Å²) >= 11 is 0. The second-order valence-electron chi connectivity index (χ2n) is 10.1. The third-order valence-corrected chi connectivity index (χ3v) is 5.90. The van der Waals surface area contributed by atoms with Gasteiger partial charge in [-0.05, 0) is 65.0 Å². The lowest BCUT2D eigenvalue weighted by Gasteiger charge is -2.39. The Morgan fingerprint density at radius 1 is 1.21 bits per heavy atom. The van der Waals surface area contributed by atoms with Crippen LogP contribution < -0.4 is 4.90 Å². The topological polar surface area (TPSA) is 45.7 Å². The third-order valence-electron chi connectivity index (χ3n) is 5.90. The summed E-state index contributed by atoms with van der Waals surface area (Å²) in [6, 6.07) is 4.70. The first-order valence-electron chi connectivity index (χ1n) is 11.5. The van der Waals surface area contributed by atoms with Crippen LogP contribution in [0.2, 0.25) is 0 Å². The van der Waals surface area contributed by atoms with E-state index in [0.717, 1.165) is 51.0 Å². The lowest BCUT2D eigenvalue weighted by atomic mass is 9.94. The Hall–Kier alpha value is -1.62. The minimum absolute atomic E-state index is 0.181. The minimum Gasteiger partial charge on any atom is -0.443 e. The molecule has 0 N–H and O–H groups in total. The van der Waals surface area contributed by atoms with Crippen LogP contribution >= 0.6 is 0 Å². The van der Waals surface area contributed by atoms with Gasteiger partial charge in [0.2, 0.25) is 0 Å². The number of anilines is 1. The molecule has 0 radical (unpaired) electrons. The van der Waals surface area contributed by atoms with Crippen LogP contribution in [-0.4, -0.2) is 40.7 Å². The van der Waals surface area contributed by atoms with Crippen LogP contribution in [0.25, 0.3) is 0 Å². The van der Waals surface area contributed by atoms with E-state index in [9.17, 15) is 4.79 Å². The van der Waals surface area contributed by atoms with Crippen molar-refractivity contribution in [1.82, 2.24) is 9.88 Å². The fraction of sp³-hybridized carbons (Fsp3) is 0.750. The number of hydrogen-bond acceptors (Lipinski definition) is 4.